The number of rotatable bonds is 11. The summed E-state index contributed by atoms with van der Waals surface area (Å²) in [5.74, 6) is -1.07. The van der Waals surface area contributed by atoms with Gasteiger partial charge in [-0.1, -0.05) is 30.9 Å². The van der Waals surface area contributed by atoms with E-state index in [4.69, 9.17) is 4.74 Å². The molecule has 0 bridgehead atoms. The van der Waals surface area contributed by atoms with Gasteiger partial charge in [-0.15, -0.1) is 0 Å². The molecule has 1 heterocycles. The van der Waals surface area contributed by atoms with Crippen molar-refractivity contribution in [3.8, 4) is 11.5 Å². The Balaban J connectivity index is 1.57. The number of benzene rings is 2. The van der Waals surface area contributed by atoms with Crippen LogP contribution in [0.5, 0.6) is 11.5 Å². The molecule has 0 radical (unpaired) electrons. The molecule has 218 valence electrons. The summed E-state index contributed by atoms with van der Waals surface area (Å²) >= 11 is 0. The average Bonchev–Trinajstić information content (AvgIpc) is 3.36. The number of methoxy groups -OCH3 is 1. The van der Waals surface area contributed by atoms with E-state index in [9.17, 15) is 22.4 Å². The first kappa shape index (κ1) is 29.9. The van der Waals surface area contributed by atoms with Crippen molar-refractivity contribution >= 4 is 12.0 Å². The number of carbonyl (C=O) groups excluding carboxylic acids is 1. The van der Waals surface area contributed by atoms with Gasteiger partial charge >= 0.3 is 6.61 Å². The van der Waals surface area contributed by atoms with E-state index in [0.29, 0.717) is 12.5 Å². The first-order chi connectivity index (χ1) is 19.2. The van der Waals surface area contributed by atoms with Gasteiger partial charge in [-0.25, -0.2) is 8.78 Å². The van der Waals surface area contributed by atoms with Gasteiger partial charge in [0.15, 0.2) is 11.5 Å². The van der Waals surface area contributed by atoms with Gasteiger partial charge in [0.2, 0.25) is 0 Å². The molecule has 40 heavy (non-hydrogen) atoms. The fourth-order valence-electron chi connectivity index (χ4n) is 5.92. The van der Waals surface area contributed by atoms with Gasteiger partial charge in [0.1, 0.15) is 11.6 Å². The maximum atomic E-state index is 14.3. The number of halogens is 4. The van der Waals surface area contributed by atoms with Crippen LogP contribution in [0.1, 0.15) is 67.8 Å². The summed E-state index contributed by atoms with van der Waals surface area (Å²) in [4.78, 5) is 18.1. The van der Waals surface area contributed by atoms with Crippen LogP contribution in [0.4, 0.5) is 17.6 Å². The lowest BCUT2D eigenvalue weighted by Gasteiger charge is -2.34. The molecule has 2 aromatic rings. The van der Waals surface area contributed by atoms with Crippen molar-refractivity contribution in [1.82, 2.24) is 9.80 Å². The standard InChI is InChI=1S/C31H38F4N2O3/c1-21(15-23-10-12-25(32)17-27(23)33)18-37(20-26-9-6-14-36(26)19-22-7-4-3-5-8-22)30(38)24-11-13-28(40-31(34)35)29(16-24)39-2/h10-13,15-17,22,26,31H,3-9,14,18-20H2,1-2H3/b21-15+. The Morgan fingerprint density at radius 2 is 1.82 bits per heavy atom. The molecule has 1 aliphatic heterocycles. The van der Waals surface area contributed by atoms with Crippen molar-refractivity contribution < 1.29 is 31.8 Å². The van der Waals surface area contributed by atoms with Crippen molar-refractivity contribution in [3.63, 3.8) is 0 Å². The summed E-state index contributed by atoms with van der Waals surface area (Å²) in [5.41, 5.74) is 1.23. The first-order valence-electron chi connectivity index (χ1n) is 14.0. The minimum Gasteiger partial charge on any atom is -0.493 e. The number of hydrogen-bond acceptors (Lipinski definition) is 4. The van der Waals surface area contributed by atoms with Crippen LogP contribution >= 0.6 is 0 Å². The molecule has 0 aromatic heterocycles. The fraction of sp³-hybridized carbons (Fsp3) is 0.516. The predicted octanol–water partition coefficient (Wildman–Crippen LogP) is 7.17. The summed E-state index contributed by atoms with van der Waals surface area (Å²) in [7, 11) is 1.32. The highest BCUT2D eigenvalue weighted by atomic mass is 19.3. The highest BCUT2D eigenvalue weighted by Crippen LogP contribution is 2.31. The number of amides is 1. The SMILES string of the molecule is COc1cc(C(=O)N(C/C(C)=C/c2ccc(F)cc2F)CC2CCCN2CC2CCCCC2)ccc1OC(F)F. The Hall–Kier alpha value is -3.07. The molecular weight excluding hydrogens is 524 g/mol. The number of alkyl halides is 2. The summed E-state index contributed by atoms with van der Waals surface area (Å²) in [5, 5.41) is 0. The molecule has 2 aromatic carbocycles. The Morgan fingerprint density at radius 3 is 2.52 bits per heavy atom. The molecule has 2 fully saturated rings. The van der Waals surface area contributed by atoms with Gasteiger partial charge < -0.3 is 14.4 Å². The van der Waals surface area contributed by atoms with E-state index < -0.39 is 18.2 Å². The molecule has 1 unspecified atom stereocenters. The maximum absolute atomic E-state index is 14.3. The molecule has 1 atom stereocenters. The third-order valence-corrected chi connectivity index (χ3v) is 7.87. The smallest absolute Gasteiger partial charge is 0.387 e. The minimum atomic E-state index is -3.02. The van der Waals surface area contributed by atoms with E-state index in [-0.39, 0.29) is 41.1 Å². The van der Waals surface area contributed by atoms with E-state index in [2.05, 4.69) is 9.64 Å². The molecule has 1 saturated heterocycles. The Bertz CT molecular complexity index is 1180. The Kier molecular flexibility index (Phi) is 10.5. The fourth-order valence-corrected chi connectivity index (χ4v) is 5.92. The van der Waals surface area contributed by atoms with Crippen molar-refractivity contribution in [3.05, 3.63) is 64.7 Å². The van der Waals surface area contributed by atoms with Crippen molar-refractivity contribution in [1.29, 1.82) is 0 Å². The first-order valence-corrected chi connectivity index (χ1v) is 14.0. The topological polar surface area (TPSA) is 42.0 Å². The highest BCUT2D eigenvalue weighted by Gasteiger charge is 2.31. The van der Waals surface area contributed by atoms with E-state index >= 15 is 0 Å². The third-order valence-electron chi connectivity index (χ3n) is 7.87. The number of ether oxygens (including phenoxy) is 2. The molecule has 9 heteroatoms. The monoisotopic (exact) mass is 562 g/mol. The lowest BCUT2D eigenvalue weighted by atomic mass is 9.89. The lowest BCUT2D eigenvalue weighted by molar-refractivity contribution is -0.0512. The zero-order valence-corrected chi connectivity index (χ0v) is 23.2. The molecular formula is C31H38F4N2O3. The van der Waals surface area contributed by atoms with Crippen LogP contribution < -0.4 is 9.47 Å². The summed E-state index contributed by atoms with van der Waals surface area (Å²) in [6.45, 7) is 1.49. The zero-order chi connectivity index (χ0) is 28.6. The van der Waals surface area contributed by atoms with Crippen LogP contribution in [0.3, 0.4) is 0 Å². The van der Waals surface area contributed by atoms with Crippen LogP contribution in [-0.4, -0.2) is 61.6 Å². The van der Waals surface area contributed by atoms with Crippen molar-refractivity contribution in [2.75, 3.05) is 33.3 Å². The number of nitrogens with zero attached hydrogens (tertiary/aromatic N) is 2. The van der Waals surface area contributed by atoms with Gasteiger partial charge in [-0.2, -0.15) is 8.78 Å². The van der Waals surface area contributed by atoms with Gasteiger partial charge in [0.25, 0.3) is 5.91 Å². The predicted molar refractivity (Wildman–Crippen MR) is 147 cm³/mol. The molecule has 1 amide bonds. The van der Waals surface area contributed by atoms with E-state index in [1.807, 2.05) is 0 Å². The Labute approximate surface area is 233 Å². The molecule has 5 nitrogen and oxygen atoms in total. The van der Waals surface area contributed by atoms with Crippen LogP contribution in [-0.2, 0) is 0 Å². The van der Waals surface area contributed by atoms with E-state index in [0.717, 1.165) is 37.6 Å². The second-order valence-electron chi connectivity index (χ2n) is 10.9. The molecule has 1 saturated carbocycles. The Morgan fingerprint density at radius 1 is 1.05 bits per heavy atom. The van der Waals surface area contributed by atoms with Gasteiger partial charge in [0.05, 0.1) is 7.11 Å². The summed E-state index contributed by atoms with van der Waals surface area (Å²) in [6.07, 6.45) is 9.96. The van der Waals surface area contributed by atoms with Gasteiger partial charge in [0, 0.05) is 42.9 Å². The molecule has 2 aliphatic rings. The van der Waals surface area contributed by atoms with Crippen molar-refractivity contribution in [2.45, 2.75) is 64.5 Å². The molecule has 1 aliphatic carbocycles. The lowest BCUT2D eigenvalue weighted by Crippen LogP contribution is -2.45. The second kappa shape index (κ2) is 14.0. The molecule has 0 spiro atoms. The van der Waals surface area contributed by atoms with Crippen LogP contribution in [0.2, 0.25) is 0 Å². The van der Waals surface area contributed by atoms with Gasteiger partial charge in [-0.3, -0.25) is 9.69 Å². The van der Waals surface area contributed by atoms with Gasteiger partial charge in [-0.05, 0) is 75.4 Å². The third kappa shape index (κ3) is 7.99. The normalized spacial score (nSPS) is 18.8. The van der Waals surface area contributed by atoms with Crippen LogP contribution in [0.25, 0.3) is 6.08 Å². The molecule has 0 N–H and O–H groups in total. The van der Waals surface area contributed by atoms with E-state index in [1.165, 1.54) is 69.5 Å². The average molecular weight is 563 g/mol. The highest BCUT2D eigenvalue weighted by molar-refractivity contribution is 5.95. The quantitative estimate of drug-likeness (QED) is 0.273. The second-order valence-corrected chi connectivity index (χ2v) is 10.9. The van der Waals surface area contributed by atoms with Crippen LogP contribution in [0.15, 0.2) is 42.0 Å². The van der Waals surface area contributed by atoms with Crippen LogP contribution in [0, 0.1) is 17.6 Å². The van der Waals surface area contributed by atoms with E-state index in [1.54, 1.807) is 17.9 Å². The maximum Gasteiger partial charge on any atom is 0.387 e. The largest absolute Gasteiger partial charge is 0.493 e. The summed E-state index contributed by atoms with van der Waals surface area (Å²) < 4.78 is 63.1. The minimum absolute atomic E-state index is 0.0338. The summed E-state index contributed by atoms with van der Waals surface area (Å²) in [6, 6.07) is 7.74. The van der Waals surface area contributed by atoms with Crippen molar-refractivity contribution in [2.24, 2.45) is 5.92 Å². The number of hydrogen-bond donors (Lipinski definition) is 0. The zero-order valence-electron chi connectivity index (χ0n) is 23.2. The molecule has 4 rings (SSSR count). The number of carbonyl (C=O) groups is 1. The number of likely N-dealkylation sites (tertiary alicyclic amines) is 1.